The van der Waals surface area contributed by atoms with Crippen molar-refractivity contribution >= 4 is 26.9 Å². The molecule has 0 aliphatic heterocycles. The van der Waals surface area contributed by atoms with E-state index in [4.69, 9.17) is 10.2 Å². The van der Waals surface area contributed by atoms with Gasteiger partial charge in [-0.3, -0.25) is 0 Å². The van der Waals surface area contributed by atoms with Crippen molar-refractivity contribution in [3.05, 3.63) is 34.5 Å². The van der Waals surface area contributed by atoms with Crippen LogP contribution >= 0.6 is 15.9 Å². The maximum Gasteiger partial charge on any atom is 0.135 e. The third-order valence-corrected chi connectivity index (χ3v) is 3.04. The molecule has 1 heterocycles. The Kier molecular flexibility index (Phi) is 2.85. The van der Waals surface area contributed by atoms with Crippen molar-refractivity contribution in [2.45, 2.75) is 19.9 Å². The summed E-state index contributed by atoms with van der Waals surface area (Å²) in [4.78, 5) is 0. The predicted molar refractivity (Wildman–Crippen MR) is 65.7 cm³/mol. The molecule has 1 aromatic heterocycles. The van der Waals surface area contributed by atoms with Crippen LogP contribution in [0.3, 0.4) is 0 Å². The Morgan fingerprint density at radius 3 is 2.67 bits per heavy atom. The van der Waals surface area contributed by atoms with Crippen molar-refractivity contribution < 1.29 is 4.42 Å². The van der Waals surface area contributed by atoms with Gasteiger partial charge in [0, 0.05) is 9.86 Å². The number of hydrogen-bond donors (Lipinski definition) is 1. The highest BCUT2D eigenvalue weighted by atomic mass is 79.9. The smallest absolute Gasteiger partial charge is 0.135 e. The van der Waals surface area contributed by atoms with E-state index in [1.807, 2.05) is 24.3 Å². The standard InChI is InChI=1S/C12H14BrNO/c1-7(2)12(14)11-5-8-3-4-9(13)6-10(8)15-11/h3-7,12H,14H2,1-2H3/t12-/m1/s1. The molecule has 0 unspecified atom stereocenters. The molecule has 2 nitrogen and oxygen atoms in total. The minimum atomic E-state index is -0.0313. The lowest BCUT2D eigenvalue weighted by atomic mass is 10.0. The van der Waals surface area contributed by atoms with Crippen molar-refractivity contribution in [1.82, 2.24) is 0 Å². The normalized spacial score (nSPS) is 13.7. The second kappa shape index (κ2) is 3.99. The third kappa shape index (κ3) is 2.08. The first-order valence-electron chi connectivity index (χ1n) is 5.02. The van der Waals surface area contributed by atoms with Crippen LogP contribution in [-0.4, -0.2) is 0 Å². The molecule has 1 atom stereocenters. The summed E-state index contributed by atoms with van der Waals surface area (Å²) in [6.07, 6.45) is 0. The first-order chi connectivity index (χ1) is 7.08. The molecule has 3 heteroatoms. The van der Waals surface area contributed by atoms with Gasteiger partial charge >= 0.3 is 0 Å². The SMILES string of the molecule is CC(C)[C@@H](N)c1cc2ccc(Br)cc2o1. The molecule has 1 aromatic carbocycles. The van der Waals surface area contributed by atoms with Crippen LogP contribution in [0, 0.1) is 5.92 Å². The number of halogens is 1. The van der Waals surface area contributed by atoms with Crippen molar-refractivity contribution in [1.29, 1.82) is 0 Å². The minimum absolute atomic E-state index is 0.0313. The summed E-state index contributed by atoms with van der Waals surface area (Å²) in [5.74, 6) is 1.24. The Hall–Kier alpha value is -0.800. The number of furan rings is 1. The van der Waals surface area contributed by atoms with Crippen LogP contribution in [0.5, 0.6) is 0 Å². The largest absolute Gasteiger partial charge is 0.459 e. The summed E-state index contributed by atoms with van der Waals surface area (Å²) < 4.78 is 6.74. The Balaban J connectivity index is 2.47. The molecule has 2 N–H and O–H groups in total. The van der Waals surface area contributed by atoms with E-state index in [9.17, 15) is 0 Å². The van der Waals surface area contributed by atoms with Crippen molar-refractivity contribution in [2.24, 2.45) is 11.7 Å². The summed E-state index contributed by atoms with van der Waals surface area (Å²) in [5.41, 5.74) is 6.92. The molecule has 80 valence electrons. The molecule has 0 saturated carbocycles. The summed E-state index contributed by atoms with van der Waals surface area (Å²) in [6.45, 7) is 4.18. The topological polar surface area (TPSA) is 39.2 Å². The van der Waals surface area contributed by atoms with Crippen LogP contribution in [0.25, 0.3) is 11.0 Å². The average Bonchev–Trinajstić information content (AvgIpc) is 2.58. The van der Waals surface area contributed by atoms with Gasteiger partial charge in [-0.05, 0) is 30.2 Å². The highest BCUT2D eigenvalue weighted by Gasteiger charge is 2.15. The maximum absolute atomic E-state index is 6.03. The molecule has 2 rings (SSSR count). The van der Waals surface area contributed by atoms with Crippen molar-refractivity contribution in [3.8, 4) is 0 Å². The van der Waals surface area contributed by atoms with E-state index in [1.54, 1.807) is 0 Å². The fraction of sp³-hybridized carbons (Fsp3) is 0.333. The number of hydrogen-bond acceptors (Lipinski definition) is 2. The molecule has 15 heavy (non-hydrogen) atoms. The molecule has 2 aromatic rings. The van der Waals surface area contributed by atoms with Gasteiger partial charge in [0.2, 0.25) is 0 Å². The maximum atomic E-state index is 6.03. The van der Waals surface area contributed by atoms with E-state index in [-0.39, 0.29) is 6.04 Å². The van der Waals surface area contributed by atoms with Gasteiger partial charge in [-0.25, -0.2) is 0 Å². The molecule has 0 saturated heterocycles. The van der Waals surface area contributed by atoms with Crippen LogP contribution < -0.4 is 5.73 Å². The van der Waals surface area contributed by atoms with Crippen LogP contribution in [0.15, 0.2) is 33.2 Å². The van der Waals surface area contributed by atoms with Gasteiger partial charge in [-0.1, -0.05) is 29.8 Å². The first-order valence-corrected chi connectivity index (χ1v) is 5.82. The number of fused-ring (bicyclic) bond motifs is 1. The highest BCUT2D eigenvalue weighted by Crippen LogP contribution is 2.28. The Morgan fingerprint density at radius 2 is 2.00 bits per heavy atom. The monoisotopic (exact) mass is 267 g/mol. The predicted octanol–water partition coefficient (Wildman–Crippen LogP) is 3.85. The summed E-state index contributed by atoms with van der Waals surface area (Å²) >= 11 is 3.42. The van der Waals surface area contributed by atoms with E-state index < -0.39 is 0 Å². The minimum Gasteiger partial charge on any atom is -0.459 e. The van der Waals surface area contributed by atoms with E-state index in [0.717, 1.165) is 21.2 Å². The molecule has 0 spiro atoms. The van der Waals surface area contributed by atoms with Crippen LogP contribution in [0.4, 0.5) is 0 Å². The Labute approximate surface area is 97.6 Å². The van der Waals surface area contributed by atoms with Gasteiger partial charge in [0.1, 0.15) is 11.3 Å². The molecule has 0 radical (unpaired) electrons. The molecule has 0 bridgehead atoms. The average molecular weight is 268 g/mol. The van der Waals surface area contributed by atoms with E-state index in [1.165, 1.54) is 0 Å². The van der Waals surface area contributed by atoms with Crippen LogP contribution in [0.2, 0.25) is 0 Å². The fourth-order valence-corrected chi connectivity index (χ4v) is 1.86. The van der Waals surface area contributed by atoms with E-state index >= 15 is 0 Å². The lowest BCUT2D eigenvalue weighted by molar-refractivity contribution is 0.418. The number of rotatable bonds is 2. The van der Waals surface area contributed by atoms with Crippen LogP contribution in [-0.2, 0) is 0 Å². The van der Waals surface area contributed by atoms with Gasteiger partial charge < -0.3 is 10.2 Å². The lowest BCUT2D eigenvalue weighted by Crippen LogP contribution is -2.15. The summed E-state index contributed by atoms with van der Waals surface area (Å²) in [7, 11) is 0. The highest BCUT2D eigenvalue weighted by molar-refractivity contribution is 9.10. The summed E-state index contributed by atoms with van der Waals surface area (Å²) in [6, 6.07) is 7.98. The van der Waals surface area contributed by atoms with Gasteiger partial charge in [0.15, 0.2) is 0 Å². The first kappa shape index (κ1) is 10.7. The number of benzene rings is 1. The second-order valence-corrected chi connectivity index (χ2v) is 5.02. The molecule has 0 aliphatic carbocycles. The molecule has 0 fully saturated rings. The number of nitrogens with two attached hydrogens (primary N) is 1. The van der Waals surface area contributed by atoms with Gasteiger partial charge in [-0.2, -0.15) is 0 Å². The fourth-order valence-electron chi connectivity index (χ4n) is 1.52. The molecular formula is C12H14BrNO. The Bertz CT molecular complexity index is 475. The van der Waals surface area contributed by atoms with Gasteiger partial charge in [-0.15, -0.1) is 0 Å². The quantitative estimate of drug-likeness (QED) is 0.898. The van der Waals surface area contributed by atoms with Crippen LogP contribution in [0.1, 0.15) is 25.6 Å². The van der Waals surface area contributed by atoms with E-state index in [0.29, 0.717) is 5.92 Å². The zero-order valence-corrected chi connectivity index (χ0v) is 10.4. The molecular weight excluding hydrogens is 254 g/mol. The zero-order valence-electron chi connectivity index (χ0n) is 8.83. The molecule has 0 aliphatic rings. The molecule has 0 amide bonds. The lowest BCUT2D eigenvalue weighted by Gasteiger charge is -2.11. The zero-order chi connectivity index (χ0) is 11.0. The third-order valence-electron chi connectivity index (χ3n) is 2.55. The van der Waals surface area contributed by atoms with Gasteiger partial charge in [0.05, 0.1) is 6.04 Å². The van der Waals surface area contributed by atoms with E-state index in [2.05, 4.69) is 29.8 Å². The van der Waals surface area contributed by atoms with Crippen molar-refractivity contribution in [3.63, 3.8) is 0 Å². The second-order valence-electron chi connectivity index (χ2n) is 4.10. The van der Waals surface area contributed by atoms with Gasteiger partial charge in [0.25, 0.3) is 0 Å². The summed E-state index contributed by atoms with van der Waals surface area (Å²) in [5, 5.41) is 1.10. The Morgan fingerprint density at radius 1 is 1.27 bits per heavy atom. The van der Waals surface area contributed by atoms with Crippen molar-refractivity contribution in [2.75, 3.05) is 0 Å².